The fourth-order valence-corrected chi connectivity index (χ4v) is 5.36. The molecule has 2 saturated heterocycles. The van der Waals surface area contributed by atoms with Gasteiger partial charge in [0, 0.05) is 0 Å². The molecule has 5 nitrogen and oxygen atoms in total. The van der Waals surface area contributed by atoms with Crippen LogP contribution in [0.1, 0.15) is 11.9 Å². The maximum absolute atomic E-state index is 10.6. The third-order valence-electron chi connectivity index (χ3n) is 4.40. The number of aliphatic hydroxyl groups excluding tert-OH is 2. The summed E-state index contributed by atoms with van der Waals surface area (Å²) in [5, 5.41) is 20.7. The summed E-state index contributed by atoms with van der Waals surface area (Å²) in [6.07, 6.45) is -3.50. The van der Waals surface area contributed by atoms with Crippen molar-refractivity contribution in [2.75, 3.05) is 6.61 Å². The van der Waals surface area contributed by atoms with Crippen LogP contribution >= 0.6 is 0 Å². The molecule has 2 heterocycles. The number of hydrogen-bond acceptors (Lipinski definition) is 5. The van der Waals surface area contributed by atoms with Gasteiger partial charge in [-0.2, -0.15) is 0 Å². The minimum atomic E-state index is -0.996. The van der Waals surface area contributed by atoms with Gasteiger partial charge in [0.25, 0.3) is 0 Å². The van der Waals surface area contributed by atoms with Crippen LogP contribution in [0.3, 0.4) is 0 Å². The standard InChI is InChI=1S/C19H20O5Se/c20-15-16(21)19(25-13-9-5-2-6-10-13)23-14-11-22-18(24-17(14)15)12-7-3-1-4-8-12/h1-10,14-21H,11H2/t14-,15-,16+,17-,18?,19-/m1/s1. The van der Waals surface area contributed by atoms with E-state index < -0.39 is 29.6 Å². The van der Waals surface area contributed by atoms with Crippen molar-refractivity contribution in [3.8, 4) is 0 Å². The quantitative estimate of drug-likeness (QED) is 0.729. The van der Waals surface area contributed by atoms with E-state index in [2.05, 4.69) is 0 Å². The molecular formula is C19H20O5Se. The van der Waals surface area contributed by atoms with E-state index >= 15 is 0 Å². The van der Waals surface area contributed by atoms with Gasteiger partial charge in [-0.15, -0.1) is 0 Å². The third kappa shape index (κ3) is 3.66. The van der Waals surface area contributed by atoms with Gasteiger partial charge in [0.2, 0.25) is 0 Å². The van der Waals surface area contributed by atoms with E-state index in [-0.39, 0.29) is 21.1 Å². The first kappa shape index (κ1) is 17.2. The molecule has 132 valence electrons. The zero-order valence-electron chi connectivity index (χ0n) is 13.5. The number of ether oxygens (including phenoxy) is 3. The number of benzene rings is 2. The summed E-state index contributed by atoms with van der Waals surface area (Å²) in [4.78, 5) is 0. The molecule has 2 fully saturated rings. The molecule has 0 saturated carbocycles. The zero-order valence-corrected chi connectivity index (χ0v) is 15.2. The predicted molar refractivity (Wildman–Crippen MR) is 92.5 cm³/mol. The van der Waals surface area contributed by atoms with Crippen LogP contribution < -0.4 is 4.46 Å². The molecule has 2 aromatic carbocycles. The van der Waals surface area contributed by atoms with Crippen LogP contribution in [-0.2, 0) is 14.2 Å². The van der Waals surface area contributed by atoms with Crippen molar-refractivity contribution >= 4 is 19.4 Å². The summed E-state index contributed by atoms with van der Waals surface area (Å²) in [6.45, 7) is 0.329. The zero-order chi connectivity index (χ0) is 17.2. The Morgan fingerprint density at radius 3 is 2.24 bits per heavy atom. The summed E-state index contributed by atoms with van der Waals surface area (Å²) in [7, 11) is 0. The summed E-state index contributed by atoms with van der Waals surface area (Å²) in [5.41, 5.74) is 0.887. The Morgan fingerprint density at radius 1 is 0.840 bits per heavy atom. The summed E-state index contributed by atoms with van der Waals surface area (Å²) >= 11 is -0.108. The molecule has 0 bridgehead atoms. The van der Waals surface area contributed by atoms with Crippen LogP contribution in [0.25, 0.3) is 0 Å². The van der Waals surface area contributed by atoms with Crippen molar-refractivity contribution in [3.05, 3.63) is 66.2 Å². The maximum atomic E-state index is 10.6. The molecule has 0 amide bonds. The second kappa shape index (κ2) is 7.56. The number of hydrogen-bond donors (Lipinski definition) is 2. The van der Waals surface area contributed by atoms with E-state index in [4.69, 9.17) is 14.2 Å². The summed E-state index contributed by atoms with van der Waals surface area (Å²) in [5.74, 6) is 0. The molecule has 6 atom stereocenters. The Kier molecular flexibility index (Phi) is 5.20. The first-order valence-corrected chi connectivity index (χ1v) is 10.1. The van der Waals surface area contributed by atoms with Crippen LogP contribution in [0.5, 0.6) is 0 Å². The van der Waals surface area contributed by atoms with Gasteiger partial charge in [-0.05, 0) is 0 Å². The molecule has 25 heavy (non-hydrogen) atoms. The molecule has 0 aromatic heterocycles. The number of fused-ring (bicyclic) bond motifs is 1. The first-order chi connectivity index (χ1) is 12.2. The van der Waals surface area contributed by atoms with Gasteiger partial charge in [-0.3, -0.25) is 0 Å². The molecule has 6 heteroatoms. The van der Waals surface area contributed by atoms with Crippen molar-refractivity contribution in [3.63, 3.8) is 0 Å². The molecule has 0 spiro atoms. The second-order valence-corrected chi connectivity index (χ2v) is 8.59. The first-order valence-electron chi connectivity index (χ1n) is 8.28. The molecule has 1 unspecified atom stereocenters. The molecular weight excluding hydrogens is 387 g/mol. The molecule has 4 rings (SSSR count). The topological polar surface area (TPSA) is 68.2 Å². The molecule has 2 N–H and O–H groups in total. The molecule has 2 aromatic rings. The van der Waals surface area contributed by atoms with Crippen LogP contribution in [0.15, 0.2) is 60.7 Å². The summed E-state index contributed by atoms with van der Waals surface area (Å²) in [6, 6.07) is 19.5. The van der Waals surface area contributed by atoms with Gasteiger partial charge in [-0.25, -0.2) is 0 Å². The van der Waals surface area contributed by atoms with Gasteiger partial charge in [0.1, 0.15) is 0 Å². The SMILES string of the molecule is O[C@@H]1[C@H](O)[C@@H]([Se]c2ccccc2)O[C@@H]2COC(c3ccccc3)O[C@@H]12. The van der Waals surface area contributed by atoms with E-state index in [1.807, 2.05) is 60.7 Å². The Morgan fingerprint density at radius 2 is 1.52 bits per heavy atom. The van der Waals surface area contributed by atoms with Gasteiger partial charge in [0.05, 0.1) is 0 Å². The van der Waals surface area contributed by atoms with Gasteiger partial charge in [-0.1, -0.05) is 0 Å². The molecule has 0 radical (unpaired) electrons. The van der Waals surface area contributed by atoms with E-state index in [9.17, 15) is 10.2 Å². The van der Waals surface area contributed by atoms with Crippen LogP contribution in [-0.4, -0.2) is 61.2 Å². The summed E-state index contributed by atoms with van der Waals surface area (Å²) < 4.78 is 18.8. The third-order valence-corrected chi connectivity index (χ3v) is 6.85. The average molecular weight is 407 g/mol. The molecule has 0 aliphatic carbocycles. The molecule has 2 aliphatic rings. The van der Waals surface area contributed by atoms with E-state index in [0.717, 1.165) is 10.0 Å². The average Bonchev–Trinajstić information content (AvgIpc) is 2.67. The number of rotatable bonds is 3. The Hall–Kier alpha value is -1.24. The van der Waals surface area contributed by atoms with Crippen molar-refractivity contribution in [1.82, 2.24) is 0 Å². The van der Waals surface area contributed by atoms with Crippen molar-refractivity contribution in [1.29, 1.82) is 0 Å². The van der Waals surface area contributed by atoms with Crippen molar-refractivity contribution in [2.24, 2.45) is 0 Å². The van der Waals surface area contributed by atoms with Crippen LogP contribution in [0.2, 0.25) is 0 Å². The van der Waals surface area contributed by atoms with Gasteiger partial charge >= 0.3 is 152 Å². The second-order valence-electron chi connectivity index (χ2n) is 6.13. The van der Waals surface area contributed by atoms with E-state index in [0.29, 0.717) is 6.61 Å². The van der Waals surface area contributed by atoms with Crippen molar-refractivity contribution in [2.45, 2.75) is 35.7 Å². The normalized spacial score (nSPS) is 35.1. The minimum absolute atomic E-state index is 0.108. The van der Waals surface area contributed by atoms with E-state index in [1.165, 1.54) is 0 Å². The van der Waals surface area contributed by atoms with Crippen molar-refractivity contribution < 1.29 is 24.4 Å². The van der Waals surface area contributed by atoms with E-state index in [1.54, 1.807) is 0 Å². The Balaban J connectivity index is 1.46. The monoisotopic (exact) mass is 408 g/mol. The van der Waals surface area contributed by atoms with Gasteiger partial charge < -0.3 is 0 Å². The van der Waals surface area contributed by atoms with Gasteiger partial charge in [0.15, 0.2) is 0 Å². The van der Waals surface area contributed by atoms with Crippen LogP contribution in [0, 0.1) is 0 Å². The molecule has 2 aliphatic heterocycles. The Labute approximate surface area is 152 Å². The number of aliphatic hydroxyl groups is 2. The fraction of sp³-hybridized carbons (Fsp3) is 0.368. The predicted octanol–water partition coefficient (Wildman–Crippen LogP) is 0.577. The van der Waals surface area contributed by atoms with Crippen LogP contribution in [0.4, 0.5) is 0 Å². The fourth-order valence-electron chi connectivity index (χ4n) is 3.09. The Bertz CT molecular complexity index is 681.